The quantitative estimate of drug-likeness (QED) is 0.661. The van der Waals surface area contributed by atoms with Gasteiger partial charge >= 0.3 is 0 Å². The molecule has 0 bridgehead atoms. The van der Waals surface area contributed by atoms with E-state index in [2.05, 4.69) is 57.7 Å². The number of hydrogen-bond donors (Lipinski definition) is 0. The van der Waals surface area contributed by atoms with Gasteiger partial charge in [0.15, 0.2) is 0 Å². The van der Waals surface area contributed by atoms with Crippen LogP contribution >= 0.6 is 11.3 Å². The maximum atomic E-state index is 12.9. The SMILES string of the molecule is CN1CCN(Cc2cccnc2)C[C@@H](Cc2ccc(-c3cccs3)cc2)C1=O. The average molecular weight is 392 g/mol. The third-order valence-corrected chi connectivity index (χ3v) is 6.25. The first-order valence-corrected chi connectivity index (χ1v) is 10.6. The standard InChI is InChI=1S/C23H25N3OS/c1-25-11-12-26(16-19-4-2-10-24-15-19)17-21(23(25)27)14-18-6-8-20(9-7-18)22-5-3-13-28-22/h2-10,13,15,21H,11-12,14,16-17H2,1H3/t21-/m1/s1. The van der Waals surface area contributed by atoms with E-state index in [1.165, 1.54) is 21.6 Å². The predicted octanol–water partition coefficient (Wildman–Crippen LogP) is 3.94. The van der Waals surface area contributed by atoms with Crippen molar-refractivity contribution >= 4 is 17.2 Å². The van der Waals surface area contributed by atoms with Gasteiger partial charge in [-0.15, -0.1) is 11.3 Å². The van der Waals surface area contributed by atoms with E-state index >= 15 is 0 Å². The highest BCUT2D eigenvalue weighted by Crippen LogP contribution is 2.26. The van der Waals surface area contributed by atoms with Crippen molar-refractivity contribution in [1.29, 1.82) is 0 Å². The summed E-state index contributed by atoms with van der Waals surface area (Å²) in [7, 11) is 1.92. The Hall–Kier alpha value is -2.50. The predicted molar refractivity (Wildman–Crippen MR) is 114 cm³/mol. The Labute approximate surface area is 170 Å². The van der Waals surface area contributed by atoms with Crippen LogP contribution in [0.15, 0.2) is 66.3 Å². The summed E-state index contributed by atoms with van der Waals surface area (Å²) in [5, 5.41) is 2.10. The number of amides is 1. The van der Waals surface area contributed by atoms with E-state index in [1.807, 2.05) is 24.2 Å². The first-order valence-electron chi connectivity index (χ1n) is 9.68. The van der Waals surface area contributed by atoms with E-state index in [4.69, 9.17) is 0 Å². The number of pyridine rings is 1. The summed E-state index contributed by atoms with van der Waals surface area (Å²) in [6, 6.07) is 16.9. The third-order valence-electron chi connectivity index (χ3n) is 5.33. The minimum Gasteiger partial charge on any atom is -0.344 e. The second-order valence-corrected chi connectivity index (χ2v) is 8.38. The molecule has 0 N–H and O–H groups in total. The summed E-state index contributed by atoms with van der Waals surface area (Å²) in [4.78, 5) is 22.6. The molecule has 4 nitrogen and oxygen atoms in total. The number of likely N-dealkylation sites (N-methyl/N-ethyl adjacent to an activating group) is 1. The Morgan fingerprint density at radius 2 is 1.93 bits per heavy atom. The van der Waals surface area contributed by atoms with Crippen molar-refractivity contribution in [2.24, 2.45) is 5.92 Å². The summed E-state index contributed by atoms with van der Waals surface area (Å²) in [5.74, 6) is 0.229. The van der Waals surface area contributed by atoms with Crippen molar-refractivity contribution in [3.8, 4) is 10.4 Å². The van der Waals surface area contributed by atoms with Gasteiger partial charge in [-0.1, -0.05) is 36.4 Å². The fourth-order valence-corrected chi connectivity index (χ4v) is 4.51. The lowest BCUT2D eigenvalue weighted by molar-refractivity contribution is -0.133. The molecule has 0 aliphatic carbocycles. The third kappa shape index (κ3) is 4.49. The number of aromatic nitrogens is 1. The number of carbonyl (C=O) groups is 1. The van der Waals surface area contributed by atoms with Gasteiger partial charge in [0.05, 0.1) is 5.92 Å². The van der Waals surface area contributed by atoms with Gasteiger partial charge in [-0.25, -0.2) is 0 Å². The first-order chi connectivity index (χ1) is 13.7. The van der Waals surface area contributed by atoms with Crippen LogP contribution in [0, 0.1) is 5.92 Å². The van der Waals surface area contributed by atoms with Crippen LogP contribution in [0.2, 0.25) is 0 Å². The van der Waals surface area contributed by atoms with Gasteiger partial charge in [0, 0.05) is 50.5 Å². The van der Waals surface area contributed by atoms with E-state index in [9.17, 15) is 4.79 Å². The van der Waals surface area contributed by atoms with Crippen molar-refractivity contribution in [3.05, 3.63) is 77.4 Å². The van der Waals surface area contributed by atoms with Crippen LogP contribution in [-0.4, -0.2) is 47.4 Å². The number of rotatable bonds is 5. The highest BCUT2D eigenvalue weighted by atomic mass is 32.1. The number of nitrogens with zero attached hydrogens (tertiary/aromatic N) is 3. The molecule has 0 unspecified atom stereocenters. The topological polar surface area (TPSA) is 36.4 Å². The van der Waals surface area contributed by atoms with E-state index < -0.39 is 0 Å². The zero-order valence-electron chi connectivity index (χ0n) is 16.1. The molecule has 1 aliphatic rings. The summed E-state index contributed by atoms with van der Waals surface area (Å²) in [6.45, 7) is 3.28. The van der Waals surface area contributed by atoms with E-state index in [0.717, 1.165) is 32.6 Å². The first kappa shape index (κ1) is 18.8. The van der Waals surface area contributed by atoms with Gasteiger partial charge in [-0.2, -0.15) is 0 Å². The molecule has 1 fully saturated rings. The van der Waals surface area contributed by atoms with Crippen molar-refractivity contribution in [2.45, 2.75) is 13.0 Å². The van der Waals surface area contributed by atoms with Crippen molar-refractivity contribution in [2.75, 3.05) is 26.7 Å². The molecule has 1 aromatic carbocycles. The molecular weight excluding hydrogens is 366 g/mol. The molecule has 28 heavy (non-hydrogen) atoms. The van der Waals surface area contributed by atoms with Crippen LogP contribution in [0.1, 0.15) is 11.1 Å². The number of benzene rings is 1. The van der Waals surface area contributed by atoms with Crippen LogP contribution in [0.25, 0.3) is 10.4 Å². The van der Waals surface area contributed by atoms with Crippen LogP contribution in [0.4, 0.5) is 0 Å². The fraction of sp³-hybridized carbons (Fsp3) is 0.304. The summed E-state index contributed by atoms with van der Waals surface area (Å²) < 4.78 is 0. The Morgan fingerprint density at radius 1 is 1.07 bits per heavy atom. The molecule has 0 saturated carbocycles. The minimum absolute atomic E-state index is 0.0169. The molecule has 1 saturated heterocycles. The lowest BCUT2D eigenvalue weighted by atomic mass is 9.96. The van der Waals surface area contributed by atoms with Crippen LogP contribution in [-0.2, 0) is 17.8 Å². The molecule has 1 aliphatic heterocycles. The Bertz CT molecular complexity index is 893. The molecule has 144 valence electrons. The summed E-state index contributed by atoms with van der Waals surface area (Å²) in [5.41, 5.74) is 3.65. The maximum absolute atomic E-state index is 12.9. The normalized spacial score (nSPS) is 18.2. The van der Waals surface area contributed by atoms with Crippen molar-refractivity contribution in [1.82, 2.24) is 14.8 Å². The lowest BCUT2D eigenvalue weighted by Crippen LogP contribution is -2.34. The largest absolute Gasteiger partial charge is 0.344 e. The van der Waals surface area contributed by atoms with Crippen LogP contribution in [0.5, 0.6) is 0 Å². The maximum Gasteiger partial charge on any atom is 0.227 e. The Morgan fingerprint density at radius 3 is 2.64 bits per heavy atom. The fourth-order valence-electron chi connectivity index (χ4n) is 3.77. The van der Waals surface area contributed by atoms with E-state index in [1.54, 1.807) is 17.5 Å². The smallest absolute Gasteiger partial charge is 0.227 e. The Kier molecular flexibility index (Phi) is 5.84. The molecule has 0 radical (unpaired) electrons. The van der Waals surface area contributed by atoms with Gasteiger partial charge in [0.25, 0.3) is 0 Å². The molecule has 2 aromatic heterocycles. The van der Waals surface area contributed by atoms with Gasteiger partial charge in [0.2, 0.25) is 5.91 Å². The van der Waals surface area contributed by atoms with Crippen LogP contribution < -0.4 is 0 Å². The van der Waals surface area contributed by atoms with E-state index in [0.29, 0.717) is 0 Å². The molecule has 3 aromatic rings. The van der Waals surface area contributed by atoms with E-state index in [-0.39, 0.29) is 11.8 Å². The van der Waals surface area contributed by atoms with Gasteiger partial charge in [-0.05, 0) is 40.6 Å². The summed E-state index contributed by atoms with van der Waals surface area (Å²) >= 11 is 1.75. The highest BCUT2D eigenvalue weighted by Gasteiger charge is 2.28. The van der Waals surface area contributed by atoms with Gasteiger partial charge < -0.3 is 4.90 Å². The minimum atomic E-state index is -0.0169. The molecule has 0 spiro atoms. The molecule has 3 heterocycles. The number of carbonyl (C=O) groups excluding carboxylic acids is 1. The Balaban J connectivity index is 1.47. The van der Waals surface area contributed by atoms with Crippen molar-refractivity contribution < 1.29 is 4.79 Å². The summed E-state index contributed by atoms with van der Waals surface area (Å²) in [6.07, 6.45) is 4.48. The van der Waals surface area contributed by atoms with Crippen LogP contribution in [0.3, 0.4) is 0 Å². The second-order valence-electron chi connectivity index (χ2n) is 7.43. The molecule has 1 amide bonds. The average Bonchev–Trinajstić information content (AvgIpc) is 3.23. The van der Waals surface area contributed by atoms with Gasteiger partial charge in [0.1, 0.15) is 0 Å². The molecular formula is C23H25N3OS. The molecule has 1 atom stereocenters. The number of hydrogen-bond acceptors (Lipinski definition) is 4. The van der Waals surface area contributed by atoms with Crippen molar-refractivity contribution in [3.63, 3.8) is 0 Å². The zero-order valence-corrected chi connectivity index (χ0v) is 16.9. The molecule has 5 heteroatoms. The second kappa shape index (κ2) is 8.67. The highest BCUT2D eigenvalue weighted by molar-refractivity contribution is 7.13. The number of thiophene rings is 1. The monoisotopic (exact) mass is 391 g/mol. The van der Waals surface area contributed by atoms with Gasteiger partial charge in [-0.3, -0.25) is 14.7 Å². The zero-order chi connectivity index (χ0) is 19.3. The molecule has 4 rings (SSSR count). The lowest BCUT2D eigenvalue weighted by Gasteiger charge is -2.23.